The summed E-state index contributed by atoms with van der Waals surface area (Å²) in [5, 5.41) is 10.5. The second-order valence-electron chi connectivity index (χ2n) is 6.32. The molecule has 4 rings (SSSR count). The first-order valence-electron chi connectivity index (χ1n) is 8.18. The van der Waals surface area contributed by atoms with Crippen LogP contribution in [-0.4, -0.2) is 41.1 Å². The van der Waals surface area contributed by atoms with Crippen molar-refractivity contribution in [3.63, 3.8) is 0 Å². The third-order valence-electron chi connectivity index (χ3n) is 4.57. The normalized spacial score (nSPS) is 17.7. The van der Waals surface area contributed by atoms with Crippen molar-refractivity contribution in [2.45, 2.75) is 12.5 Å². The first-order chi connectivity index (χ1) is 12.2. The molecule has 2 aromatic heterocycles. The molecule has 1 aliphatic rings. The van der Waals surface area contributed by atoms with Crippen LogP contribution in [0.25, 0.3) is 22.2 Å². The van der Waals surface area contributed by atoms with Crippen LogP contribution in [0.4, 0.5) is 0 Å². The molecule has 0 aliphatic carbocycles. The van der Waals surface area contributed by atoms with E-state index in [1.54, 1.807) is 6.07 Å². The minimum absolute atomic E-state index is 0.154. The van der Waals surface area contributed by atoms with Crippen molar-refractivity contribution in [3.8, 4) is 23.1 Å². The van der Waals surface area contributed by atoms with E-state index >= 15 is 0 Å². The number of likely N-dealkylation sites (tertiary alicyclic amines) is 1. The Kier molecular flexibility index (Phi) is 4.08. The number of aromatic nitrogens is 2. The van der Waals surface area contributed by atoms with Gasteiger partial charge in [-0.15, -0.1) is 0 Å². The Hall–Kier alpha value is -2.55. The molecular formula is C19H17ClN4O. The summed E-state index contributed by atoms with van der Waals surface area (Å²) in [5.41, 5.74) is 3.09. The largest absolute Gasteiger partial charge is 0.486 e. The van der Waals surface area contributed by atoms with Crippen LogP contribution in [0.1, 0.15) is 12.0 Å². The lowest BCUT2D eigenvalue weighted by Crippen LogP contribution is -2.21. The average Bonchev–Trinajstić information content (AvgIpc) is 3.22. The number of pyridine rings is 1. The van der Waals surface area contributed by atoms with Crippen LogP contribution in [0.15, 0.2) is 36.5 Å². The Bertz CT molecular complexity index is 975. The number of fused-ring (bicyclic) bond motifs is 1. The van der Waals surface area contributed by atoms with Gasteiger partial charge in [0, 0.05) is 30.2 Å². The fraction of sp³-hybridized carbons (Fsp3) is 0.263. The van der Waals surface area contributed by atoms with E-state index in [-0.39, 0.29) is 6.10 Å². The number of H-pyrrole nitrogens is 1. The first-order valence-corrected chi connectivity index (χ1v) is 8.56. The van der Waals surface area contributed by atoms with Crippen molar-refractivity contribution in [2.24, 2.45) is 0 Å². The highest BCUT2D eigenvalue weighted by Gasteiger charge is 2.22. The zero-order valence-electron chi connectivity index (χ0n) is 13.8. The van der Waals surface area contributed by atoms with Gasteiger partial charge >= 0.3 is 0 Å². The van der Waals surface area contributed by atoms with Crippen LogP contribution in [0.2, 0.25) is 5.15 Å². The van der Waals surface area contributed by atoms with Gasteiger partial charge in [0.2, 0.25) is 0 Å². The summed E-state index contributed by atoms with van der Waals surface area (Å²) >= 11 is 6.36. The minimum Gasteiger partial charge on any atom is -0.486 e. The lowest BCUT2D eigenvalue weighted by molar-refractivity contribution is 0.207. The fourth-order valence-corrected chi connectivity index (χ4v) is 3.49. The Labute approximate surface area is 150 Å². The summed E-state index contributed by atoms with van der Waals surface area (Å²) in [7, 11) is 2.08. The van der Waals surface area contributed by atoms with Gasteiger partial charge in [0.15, 0.2) is 10.9 Å². The lowest BCUT2D eigenvalue weighted by atomic mass is 10.1. The van der Waals surface area contributed by atoms with Gasteiger partial charge in [0.25, 0.3) is 0 Å². The molecule has 1 unspecified atom stereocenters. The molecule has 1 atom stereocenters. The van der Waals surface area contributed by atoms with Crippen LogP contribution < -0.4 is 4.74 Å². The molecule has 1 aromatic carbocycles. The van der Waals surface area contributed by atoms with Gasteiger partial charge < -0.3 is 14.6 Å². The highest BCUT2D eigenvalue weighted by atomic mass is 35.5. The van der Waals surface area contributed by atoms with Gasteiger partial charge in [-0.2, -0.15) is 5.26 Å². The van der Waals surface area contributed by atoms with Crippen molar-refractivity contribution in [1.29, 1.82) is 5.26 Å². The minimum atomic E-state index is 0.154. The number of nitrogens with zero attached hydrogens (tertiary/aromatic N) is 3. The molecule has 1 aliphatic heterocycles. The van der Waals surface area contributed by atoms with E-state index in [1.807, 2.05) is 30.5 Å². The van der Waals surface area contributed by atoms with Crippen molar-refractivity contribution >= 4 is 22.5 Å². The number of halogens is 1. The highest BCUT2D eigenvalue weighted by Crippen LogP contribution is 2.33. The fourth-order valence-electron chi connectivity index (χ4n) is 3.29. The standard InChI is InChI=1S/C19H17ClN4O/c1-24-8-7-13(11-24)25-17-6-5-16(23-19(17)20)15-10-22-18-12(9-21)3-2-4-14(15)18/h2-6,10,13,22H,7-8,11H2,1H3. The number of rotatable bonds is 3. The second-order valence-corrected chi connectivity index (χ2v) is 6.68. The van der Waals surface area contributed by atoms with Crippen molar-refractivity contribution in [3.05, 3.63) is 47.2 Å². The van der Waals surface area contributed by atoms with Crippen molar-refractivity contribution in [2.75, 3.05) is 20.1 Å². The van der Waals surface area contributed by atoms with Gasteiger partial charge in [-0.1, -0.05) is 23.7 Å². The molecule has 1 fully saturated rings. The number of hydrogen-bond donors (Lipinski definition) is 1. The van der Waals surface area contributed by atoms with Gasteiger partial charge in [-0.25, -0.2) is 4.98 Å². The second kappa shape index (κ2) is 6.40. The number of nitriles is 1. The van der Waals surface area contributed by atoms with E-state index in [4.69, 9.17) is 16.3 Å². The van der Waals surface area contributed by atoms with Crippen LogP contribution in [0.3, 0.4) is 0 Å². The van der Waals surface area contributed by atoms with Crippen LogP contribution in [0.5, 0.6) is 5.75 Å². The molecule has 0 bridgehead atoms. The summed E-state index contributed by atoms with van der Waals surface area (Å²) in [6, 6.07) is 11.6. The number of aromatic amines is 1. The number of para-hydroxylation sites is 1. The average molecular weight is 353 g/mol. The Morgan fingerprint density at radius 3 is 2.96 bits per heavy atom. The third-order valence-corrected chi connectivity index (χ3v) is 4.84. The maximum atomic E-state index is 9.22. The molecule has 5 nitrogen and oxygen atoms in total. The molecule has 126 valence electrons. The quantitative estimate of drug-likeness (QED) is 0.727. The van der Waals surface area contributed by atoms with Gasteiger partial charge in [-0.05, 0) is 31.7 Å². The molecule has 0 spiro atoms. The van der Waals surface area contributed by atoms with Gasteiger partial charge in [0.05, 0.1) is 16.8 Å². The maximum absolute atomic E-state index is 9.22. The third kappa shape index (κ3) is 2.95. The monoisotopic (exact) mass is 352 g/mol. The molecule has 0 radical (unpaired) electrons. The Morgan fingerprint density at radius 2 is 2.24 bits per heavy atom. The number of nitrogens with one attached hydrogen (secondary N) is 1. The number of likely N-dealkylation sites (N-methyl/N-ethyl adjacent to an activating group) is 1. The van der Waals surface area contributed by atoms with E-state index in [9.17, 15) is 5.26 Å². The van der Waals surface area contributed by atoms with Crippen LogP contribution in [-0.2, 0) is 0 Å². The molecule has 3 heterocycles. The summed E-state index contributed by atoms with van der Waals surface area (Å²) in [6.07, 6.45) is 3.01. The van der Waals surface area contributed by atoms with Gasteiger partial charge in [-0.3, -0.25) is 0 Å². The Balaban J connectivity index is 1.66. The van der Waals surface area contributed by atoms with Crippen molar-refractivity contribution < 1.29 is 4.74 Å². The van der Waals surface area contributed by atoms with Crippen molar-refractivity contribution in [1.82, 2.24) is 14.9 Å². The molecule has 6 heteroatoms. The molecule has 1 N–H and O–H groups in total. The van der Waals surface area contributed by atoms with Crippen LogP contribution in [0, 0.1) is 11.3 Å². The molecule has 3 aromatic rings. The molecule has 0 saturated carbocycles. The number of ether oxygens (including phenoxy) is 1. The predicted octanol–water partition coefficient (Wildman–Crippen LogP) is 3.84. The SMILES string of the molecule is CN1CCC(Oc2ccc(-c3c[nH]c4c(C#N)cccc34)nc2Cl)C1. The number of benzene rings is 1. The summed E-state index contributed by atoms with van der Waals surface area (Å²) in [6.45, 7) is 1.93. The van der Waals surface area contributed by atoms with E-state index in [2.05, 4.69) is 28.0 Å². The zero-order valence-corrected chi connectivity index (χ0v) is 14.5. The highest BCUT2D eigenvalue weighted by molar-refractivity contribution is 6.31. The molecular weight excluding hydrogens is 336 g/mol. The summed E-state index contributed by atoms with van der Waals surface area (Å²) in [5.74, 6) is 0.614. The topological polar surface area (TPSA) is 64.9 Å². The first kappa shape index (κ1) is 15.9. The molecule has 1 saturated heterocycles. The molecule has 0 amide bonds. The van der Waals surface area contributed by atoms with E-state index in [1.165, 1.54) is 0 Å². The Morgan fingerprint density at radius 1 is 1.36 bits per heavy atom. The maximum Gasteiger partial charge on any atom is 0.171 e. The van der Waals surface area contributed by atoms with Gasteiger partial charge in [0.1, 0.15) is 12.2 Å². The lowest BCUT2D eigenvalue weighted by Gasteiger charge is -2.14. The summed E-state index contributed by atoms with van der Waals surface area (Å²) < 4.78 is 5.99. The zero-order chi connectivity index (χ0) is 17.4. The smallest absolute Gasteiger partial charge is 0.171 e. The van der Waals surface area contributed by atoms with E-state index in [0.29, 0.717) is 16.5 Å². The number of hydrogen-bond acceptors (Lipinski definition) is 4. The van der Waals surface area contributed by atoms with E-state index < -0.39 is 0 Å². The van der Waals surface area contributed by atoms with E-state index in [0.717, 1.165) is 41.7 Å². The van der Waals surface area contributed by atoms with Crippen LogP contribution >= 0.6 is 11.6 Å². The summed E-state index contributed by atoms with van der Waals surface area (Å²) in [4.78, 5) is 9.90. The molecule has 25 heavy (non-hydrogen) atoms. The predicted molar refractivity (Wildman–Crippen MR) is 97.8 cm³/mol.